The van der Waals surface area contributed by atoms with Crippen LogP contribution >= 0.6 is 35.0 Å². The highest BCUT2D eigenvalue weighted by atomic mass is 35.5. The first-order valence-corrected chi connectivity index (χ1v) is 8.07. The zero-order valence-electron chi connectivity index (χ0n) is 11.0. The molecule has 0 N–H and O–H groups in total. The number of pyridine rings is 1. The van der Waals surface area contributed by atoms with Crippen LogP contribution < -0.4 is 0 Å². The highest BCUT2D eigenvalue weighted by Gasteiger charge is 2.18. The number of aromatic nitrogens is 3. The van der Waals surface area contributed by atoms with Crippen LogP contribution in [0.4, 0.5) is 0 Å². The number of hydrogen-bond acceptors (Lipinski definition) is 5. The number of morpholine rings is 1. The maximum absolute atomic E-state index is 12.1. The summed E-state index contributed by atoms with van der Waals surface area (Å²) in [5.74, 6) is 0.360. The monoisotopic (exact) mass is 346 g/mol. The molecule has 2 aromatic heterocycles. The Morgan fingerprint density at radius 1 is 1.33 bits per heavy atom. The third-order valence-electron chi connectivity index (χ3n) is 3.08. The molecule has 0 atom stereocenters. The van der Waals surface area contributed by atoms with Crippen molar-refractivity contribution in [3.05, 3.63) is 22.3 Å². The Balaban J connectivity index is 1.72. The Labute approximate surface area is 135 Å². The minimum absolute atomic E-state index is 0.0631. The zero-order valence-corrected chi connectivity index (χ0v) is 13.3. The molecule has 0 aliphatic carbocycles. The summed E-state index contributed by atoms with van der Waals surface area (Å²) in [5.41, 5.74) is 0.530. The van der Waals surface area contributed by atoms with Gasteiger partial charge in [-0.2, -0.15) is 0 Å². The average Bonchev–Trinajstić information content (AvgIpc) is 2.89. The molecular weight excluding hydrogens is 335 g/mol. The fraction of sp³-hybridized carbons (Fsp3) is 0.417. The van der Waals surface area contributed by atoms with Gasteiger partial charge in [-0.25, -0.2) is 0 Å². The van der Waals surface area contributed by atoms with Crippen LogP contribution in [0.5, 0.6) is 0 Å². The molecule has 6 nitrogen and oxygen atoms in total. The smallest absolute Gasteiger partial charge is 0.233 e. The number of halogens is 2. The van der Waals surface area contributed by atoms with E-state index in [1.807, 2.05) is 0 Å². The van der Waals surface area contributed by atoms with E-state index in [4.69, 9.17) is 27.9 Å². The van der Waals surface area contributed by atoms with Gasteiger partial charge in [0.1, 0.15) is 0 Å². The maximum atomic E-state index is 12.1. The molecular formula is C12H12Cl2N4O2S. The van der Waals surface area contributed by atoms with E-state index in [0.29, 0.717) is 52.9 Å². The van der Waals surface area contributed by atoms with Crippen LogP contribution in [0.15, 0.2) is 17.4 Å². The molecule has 1 amide bonds. The van der Waals surface area contributed by atoms with Crippen LogP contribution in [-0.4, -0.2) is 57.5 Å². The van der Waals surface area contributed by atoms with Crippen molar-refractivity contribution in [3.63, 3.8) is 0 Å². The van der Waals surface area contributed by atoms with Crippen molar-refractivity contribution in [1.82, 2.24) is 19.5 Å². The summed E-state index contributed by atoms with van der Waals surface area (Å²) in [5, 5.41) is 9.58. The summed E-state index contributed by atoms with van der Waals surface area (Å²) < 4.78 is 6.92. The van der Waals surface area contributed by atoms with Gasteiger partial charge in [-0.3, -0.25) is 9.20 Å². The second-order valence-corrected chi connectivity index (χ2v) is 6.25. The molecule has 112 valence electrons. The SMILES string of the molecule is O=C(CSc1nnc2c(Cl)cc(Cl)cn12)N1CCOCC1. The minimum atomic E-state index is 0.0631. The van der Waals surface area contributed by atoms with Crippen LogP contribution in [0.3, 0.4) is 0 Å². The van der Waals surface area contributed by atoms with E-state index in [0.717, 1.165) is 0 Å². The number of fused-ring (bicyclic) bond motifs is 1. The lowest BCUT2D eigenvalue weighted by molar-refractivity contribution is -0.132. The second kappa shape index (κ2) is 6.39. The van der Waals surface area contributed by atoms with E-state index in [1.54, 1.807) is 21.6 Å². The normalized spacial score (nSPS) is 15.6. The highest BCUT2D eigenvalue weighted by molar-refractivity contribution is 7.99. The Morgan fingerprint density at radius 3 is 2.86 bits per heavy atom. The van der Waals surface area contributed by atoms with E-state index in [1.165, 1.54) is 11.8 Å². The van der Waals surface area contributed by atoms with Gasteiger partial charge in [0.05, 0.1) is 29.0 Å². The number of carbonyl (C=O) groups is 1. The number of hydrogen-bond donors (Lipinski definition) is 0. The average molecular weight is 347 g/mol. The Hall–Kier alpha value is -1.02. The highest BCUT2D eigenvalue weighted by Crippen LogP contribution is 2.25. The quantitative estimate of drug-likeness (QED) is 0.795. The minimum Gasteiger partial charge on any atom is -0.378 e. The van der Waals surface area contributed by atoms with Crippen molar-refractivity contribution in [2.45, 2.75) is 5.16 Å². The largest absolute Gasteiger partial charge is 0.378 e. The van der Waals surface area contributed by atoms with E-state index >= 15 is 0 Å². The number of nitrogens with zero attached hydrogens (tertiary/aromatic N) is 4. The van der Waals surface area contributed by atoms with Crippen molar-refractivity contribution in [3.8, 4) is 0 Å². The van der Waals surface area contributed by atoms with Gasteiger partial charge in [-0.1, -0.05) is 35.0 Å². The number of carbonyl (C=O) groups excluding carboxylic acids is 1. The summed E-state index contributed by atoms with van der Waals surface area (Å²) >= 11 is 13.3. The Kier molecular flexibility index (Phi) is 4.54. The molecule has 1 aliphatic rings. The van der Waals surface area contributed by atoms with E-state index in [-0.39, 0.29) is 5.91 Å². The number of thioether (sulfide) groups is 1. The standard InChI is InChI=1S/C12H12Cl2N4O2S/c13-8-5-9(14)11-15-16-12(18(11)6-8)21-7-10(19)17-1-3-20-4-2-17/h5-6H,1-4,7H2. The third-order valence-corrected chi connectivity index (χ3v) is 4.50. The van der Waals surface area contributed by atoms with Crippen LogP contribution in [0.1, 0.15) is 0 Å². The molecule has 0 aromatic carbocycles. The summed E-state index contributed by atoms with van der Waals surface area (Å²) in [4.78, 5) is 13.9. The van der Waals surface area contributed by atoms with Gasteiger partial charge in [0.2, 0.25) is 5.91 Å². The Morgan fingerprint density at radius 2 is 2.10 bits per heavy atom. The van der Waals surface area contributed by atoms with Gasteiger partial charge < -0.3 is 9.64 Å². The van der Waals surface area contributed by atoms with E-state index in [9.17, 15) is 4.79 Å². The summed E-state index contributed by atoms with van der Waals surface area (Å²) in [7, 11) is 0. The van der Waals surface area contributed by atoms with Crippen molar-refractivity contribution in [2.24, 2.45) is 0 Å². The molecule has 0 radical (unpaired) electrons. The van der Waals surface area contributed by atoms with Gasteiger partial charge >= 0.3 is 0 Å². The van der Waals surface area contributed by atoms with E-state index < -0.39 is 0 Å². The number of amides is 1. The molecule has 1 fully saturated rings. The van der Waals surface area contributed by atoms with Gasteiger partial charge in [-0.15, -0.1) is 10.2 Å². The van der Waals surface area contributed by atoms with Crippen molar-refractivity contribution < 1.29 is 9.53 Å². The van der Waals surface area contributed by atoms with Gasteiger partial charge in [0, 0.05) is 19.3 Å². The fourth-order valence-electron chi connectivity index (χ4n) is 2.03. The zero-order chi connectivity index (χ0) is 14.8. The second-order valence-electron chi connectivity index (χ2n) is 4.46. The van der Waals surface area contributed by atoms with Crippen LogP contribution in [0.25, 0.3) is 5.65 Å². The maximum Gasteiger partial charge on any atom is 0.233 e. The first kappa shape index (κ1) is 14.9. The lowest BCUT2D eigenvalue weighted by Crippen LogP contribution is -2.41. The van der Waals surface area contributed by atoms with Crippen LogP contribution in [-0.2, 0) is 9.53 Å². The third kappa shape index (κ3) is 3.26. The molecule has 2 aromatic rings. The molecule has 1 aliphatic heterocycles. The van der Waals surface area contributed by atoms with Gasteiger partial charge in [0.15, 0.2) is 10.8 Å². The first-order valence-electron chi connectivity index (χ1n) is 6.33. The van der Waals surface area contributed by atoms with Crippen LogP contribution in [0.2, 0.25) is 10.0 Å². The first-order chi connectivity index (χ1) is 10.1. The number of ether oxygens (including phenoxy) is 1. The lowest BCUT2D eigenvalue weighted by atomic mass is 10.4. The fourth-order valence-corrected chi connectivity index (χ4v) is 3.35. The number of rotatable bonds is 3. The summed E-state index contributed by atoms with van der Waals surface area (Å²) in [6.07, 6.45) is 1.68. The molecule has 0 unspecified atom stereocenters. The summed E-state index contributed by atoms with van der Waals surface area (Å²) in [6.45, 7) is 2.46. The van der Waals surface area contributed by atoms with Gasteiger partial charge in [-0.05, 0) is 6.07 Å². The molecule has 0 spiro atoms. The molecule has 0 saturated carbocycles. The van der Waals surface area contributed by atoms with Crippen molar-refractivity contribution >= 4 is 46.5 Å². The molecule has 21 heavy (non-hydrogen) atoms. The molecule has 3 heterocycles. The topological polar surface area (TPSA) is 59.7 Å². The predicted molar refractivity (Wildman–Crippen MR) is 81.1 cm³/mol. The molecule has 3 rings (SSSR count). The van der Waals surface area contributed by atoms with Crippen molar-refractivity contribution in [1.29, 1.82) is 0 Å². The van der Waals surface area contributed by atoms with Gasteiger partial charge in [0.25, 0.3) is 0 Å². The van der Waals surface area contributed by atoms with Crippen molar-refractivity contribution in [2.75, 3.05) is 32.1 Å². The Bertz CT molecular complexity index is 673. The van der Waals surface area contributed by atoms with Crippen LogP contribution in [0, 0.1) is 0 Å². The van der Waals surface area contributed by atoms with E-state index in [2.05, 4.69) is 10.2 Å². The molecule has 0 bridgehead atoms. The predicted octanol–water partition coefficient (Wildman–Crippen LogP) is 1.99. The molecule has 1 saturated heterocycles. The molecule has 9 heteroatoms. The summed E-state index contributed by atoms with van der Waals surface area (Å²) in [6, 6.07) is 1.61. The lowest BCUT2D eigenvalue weighted by Gasteiger charge is -2.26.